The van der Waals surface area contributed by atoms with E-state index in [1.54, 1.807) is 24.4 Å². The van der Waals surface area contributed by atoms with E-state index in [1.165, 1.54) is 0 Å². The monoisotopic (exact) mass is 257 g/mol. The molecule has 0 atom stereocenters. The van der Waals surface area contributed by atoms with Crippen molar-refractivity contribution in [1.29, 1.82) is 0 Å². The van der Waals surface area contributed by atoms with Crippen molar-refractivity contribution < 1.29 is 18.0 Å². The van der Waals surface area contributed by atoms with Crippen LogP contribution in [0.15, 0.2) is 24.4 Å². The van der Waals surface area contributed by atoms with Gasteiger partial charge >= 0.3 is 6.18 Å². The van der Waals surface area contributed by atoms with Crippen LogP contribution >= 0.6 is 0 Å². The normalized spacial score (nSPS) is 11.7. The quantitative estimate of drug-likeness (QED) is 0.888. The number of nitrogens with one attached hydrogen (secondary N) is 2. The maximum Gasteiger partial charge on any atom is 0.389 e. The van der Waals surface area contributed by atoms with E-state index in [0.29, 0.717) is 5.69 Å². The molecule has 2 rings (SSSR count). The lowest BCUT2D eigenvalue weighted by molar-refractivity contribution is -0.142. The van der Waals surface area contributed by atoms with Crippen LogP contribution in [0.4, 0.5) is 18.9 Å². The topological polar surface area (TPSA) is 57.8 Å². The molecule has 0 bridgehead atoms. The number of alkyl halides is 3. The number of fused-ring (bicyclic) bond motifs is 1. The van der Waals surface area contributed by atoms with Crippen LogP contribution in [0.2, 0.25) is 0 Å². The highest BCUT2D eigenvalue weighted by molar-refractivity contribution is 5.93. The van der Waals surface area contributed by atoms with Gasteiger partial charge in [0.25, 0.3) is 0 Å². The van der Waals surface area contributed by atoms with Crippen molar-refractivity contribution >= 4 is 22.5 Å². The summed E-state index contributed by atoms with van der Waals surface area (Å²) in [7, 11) is 0. The molecule has 0 fully saturated rings. The molecule has 1 aromatic heterocycles. The van der Waals surface area contributed by atoms with Gasteiger partial charge in [-0.15, -0.1) is 0 Å². The number of halogens is 3. The van der Waals surface area contributed by atoms with Gasteiger partial charge < -0.3 is 5.32 Å². The number of hydrogen-bond donors (Lipinski definition) is 2. The maximum atomic E-state index is 11.9. The minimum Gasteiger partial charge on any atom is -0.326 e. The predicted molar refractivity (Wildman–Crippen MR) is 60.0 cm³/mol. The zero-order chi connectivity index (χ0) is 13.2. The van der Waals surface area contributed by atoms with Crippen molar-refractivity contribution in [2.24, 2.45) is 0 Å². The molecule has 0 saturated heterocycles. The number of anilines is 1. The third-order valence-corrected chi connectivity index (χ3v) is 2.36. The molecule has 0 radical (unpaired) electrons. The van der Waals surface area contributed by atoms with E-state index in [1.807, 2.05) is 0 Å². The lowest BCUT2D eigenvalue weighted by Crippen LogP contribution is -2.16. The van der Waals surface area contributed by atoms with E-state index >= 15 is 0 Å². The summed E-state index contributed by atoms with van der Waals surface area (Å²) in [5.74, 6) is -0.657. The molecule has 0 aliphatic carbocycles. The first-order valence-corrected chi connectivity index (χ1v) is 5.24. The van der Waals surface area contributed by atoms with E-state index in [9.17, 15) is 18.0 Å². The van der Waals surface area contributed by atoms with E-state index in [2.05, 4.69) is 15.5 Å². The highest BCUT2D eigenvalue weighted by Crippen LogP contribution is 2.22. The Kier molecular flexibility index (Phi) is 3.22. The van der Waals surface area contributed by atoms with Gasteiger partial charge in [0.1, 0.15) is 0 Å². The third kappa shape index (κ3) is 3.22. The van der Waals surface area contributed by atoms with Crippen molar-refractivity contribution in [3.63, 3.8) is 0 Å². The molecule has 7 heteroatoms. The van der Waals surface area contributed by atoms with Gasteiger partial charge in [-0.25, -0.2) is 0 Å². The first-order chi connectivity index (χ1) is 8.44. The zero-order valence-corrected chi connectivity index (χ0v) is 9.21. The number of benzene rings is 1. The fraction of sp³-hybridized carbons (Fsp3) is 0.273. The van der Waals surface area contributed by atoms with Crippen molar-refractivity contribution in [2.75, 3.05) is 5.32 Å². The Labute approximate surface area is 100 Å². The average molecular weight is 257 g/mol. The molecule has 0 unspecified atom stereocenters. The van der Waals surface area contributed by atoms with Crippen LogP contribution in [0, 0.1) is 0 Å². The number of nitrogens with zero attached hydrogens (tertiary/aromatic N) is 1. The summed E-state index contributed by atoms with van der Waals surface area (Å²) < 4.78 is 35.8. The molecular formula is C11H10F3N3O. The summed E-state index contributed by atoms with van der Waals surface area (Å²) in [5, 5.41) is 9.73. The third-order valence-electron chi connectivity index (χ3n) is 2.36. The van der Waals surface area contributed by atoms with Gasteiger partial charge in [-0.3, -0.25) is 9.89 Å². The lowest BCUT2D eigenvalue weighted by atomic mass is 10.2. The first kappa shape index (κ1) is 12.4. The molecule has 1 aromatic carbocycles. The predicted octanol–water partition coefficient (Wildman–Crippen LogP) is 2.84. The Balaban J connectivity index is 1.98. The number of hydrogen-bond acceptors (Lipinski definition) is 2. The highest BCUT2D eigenvalue weighted by Gasteiger charge is 2.27. The molecule has 0 spiro atoms. The molecule has 1 heterocycles. The van der Waals surface area contributed by atoms with Crippen molar-refractivity contribution in [2.45, 2.75) is 19.0 Å². The smallest absolute Gasteiger partial charge is 0.326 e. The second-order valence-corrected chi connectivity index (χ2v) is 3.84. The Morgan fingerprint density at radius 3 is 2.89 bits per heavy atom. The summed E-state index contributed by atoms with van der Waals surface area (Å²) in [6, 6.07) is 4.94. The van der Waals surface area contributed by atoms with Gasteiger partial charge in [0.15, 0.2) is 0 Å². The molecule has 0 saturated carbocycles. The number of carbonyl (C=O) groups excluding carboxylic acids is 1. The molecule has 4 nitrogen and oxygen atoms in total. The summed E-state index contributed by atoms with van der Waals surface area (Å²) in [6.07, 6.45) is -4.44. The molecule has 2 N–H and O–H groups in total. The fourth-order valence-electron chi connectivity index (χ4n) is 1.50. The van der Waals surface area contributed by atoms with Crippen LogP contribution in [-0.2, 0) is 4.79 Å². The Hall–Kier alpha value is -2.05. The van der Waals surface area contributed by atoms with E-state index in [4.69, 9.17) is 0 Å². The zero-order valence-electron chi connectivity index (χ0n) is 9.21. The Morgan fingerprint density at radius 1 is 1.39 bits per heavy atom. The highest BCUT2D eigenvalue weighted by atomic mass is 19.4. The minimum absolute atomic E-state index is 0.455. The van der Waals surface area contributed by atoms with Crippen LogP contribution in [0.5, 0.6) is 0 Å². The van der Waals surface area contributed by atoms with Crippen LogP contribution in [0.25, 0.3) is 10.9 Å². The molecule has 2 aromatic rings. The van der Waals surface area contributed by atoms with Crippen LogP contribution in [0.1, 0.15) is 12.8 Å². The number of H-pyrrole nitrogens is 1. The second kappa shape index (κ2) is 4.67. The summed E-state index contributed by atoms with van der Waals surface area (Å²) >= 11 is 0. The largest absolute Gasteiger partial charge is 0.389 e. The average Bonchev–Trinajstić information content (AvgIpc) is 2.72. The van der Waals surface area contributed by atoms with Gasteiger partial charge in [0, 0.05) is 17.5 Å². The SMILES string of the molecule is O=C(CCC(F)(F)F)Nc1ccc2[nH]ncc2c1. The maximum absolute atomic E-state index is 11.9. The van der Waals surface area contributed by atoms with Crippen LogP contribution in [0.3, 0.4) is 0 Å². The summed E-state index contributed by atoms with van der Waals surface area (Å²) in [4.78, 5) is 11.3. The van der Waals surface area contributed by atoms with Crippen molar-refractivity contribution in [3.8, 4) is 0 Å². The number of aromatic amines is 1. The van der Waals surface area contributed by atoms with Gasteiger partial charge in [-0.05, 0) is 18.2 Å². The number of amides is 1. The van der Waals surface area contributed by atoms with Gasteiger partial charge in [0.2, 0.25) is 5.91 Å². The second-order valence-electron chi connectivity index (χ2n) is 3.84. The molecule has 96 valence electrons. The number of aromatic nitrogens is 2. The van der Waals surface area contributed by atoms with E-state index in [-0.39, 0.29) is 0 Å². The van der Waals surface area contributed by atoms with E-state index in [0.717, 1.165) is 10.9 Å². The van der Waals surface area contributed by atoms with Crippen molar-refractivity contribution in [1.82, 2.24) is 10.2 Å². The standard InChI is InChI=1S/C11H10F3N3O/c12-11(13,14)4-3-10(18)16-8-1-2-9-7(5-8)6-15-17-9/h1-2,5-6H,3-4H2,(H,15,17)(H,16,18). The number of rotatable bonds is 3. The van der Waals surface area contributed by atoms with Crippen molar-refractivity contribution in [3.05, 3.63) is 24.4 Å². The lowest BCUT2D eigenvalue weighted by Gasteiger charge is -2.07. The van der Waals surface area contributed by atoms with Gasteiger partial charge in [-0.1, -0.05) is 0 Å². The van der Waals surface area contributed by atoms with Gasteiger partial charge in [0.05, 0.1) is 18.1 Å². The molecule has 0 aliphatic heterocycles. The molecular weight excluding hydrogens is 247 g/mol. The Morgan fingerprint density at radius 2 is 2.17 bits per heavy atom. The van der Waals surface area contributed by atoms with Crippen LogP contribution < -0.4 is 5.32 Å². The number of carbonyl (C=O) groups is 1. The summed E-state index contributed by atoms with van der Waals surface area (Å²) in [6.45, 7) is 0. The minimum atomic E-state index is -4.31. The molecule has 1 amide bonds. The van der Waals surface area contributed by atoms with Gasteiger partial charge in [-0.2, -0.15) is 18.3 Å². The first-order valence-electron chi connectivity index (χ1n) is 5.24. The van der Waals surface area contributed by atoms with E-state index < -0.39 is 24.9 Å². The molecule has 18 heavy (non-hydrogen) atoms. The Bertz CT molecular complexity index is 562. The summed E-state index contributed by atoms with van der Waals surface area (Å²) in [5.41, 5.74) is 1.25. The fourth-order valence-corrected chi connectivity index (χ4v) is 1.50. The van der Waals surface area contributed by atoms with Crippen LogP contribution in [-0.4, -0.2) is 22.3 Å². The molecule has 0 aliphatic rings.